The van der Waals surface area contributed by atoms with Gasteiger partial charge in [-0.05, 0) is 17.4 Å². The van der Waals surface area contributed by atoms with E-state index in [2.05, 4.69) is 9.89 Å². The third kappa shape index (κ3) is 3.39. The van der Waals surface area contributed by atoms with E-state index in [9.17, 15) is 9.90 Å². The SMILES string of the molecule is O=C(CC1=CSC2=NCCCN12)N1CCOC(CO)C1c1ccccc1. The van der Waals surface area contributed by atoms with Crippen molar-refractivity contribution >= 4 is 22.8 Å². The molecule has 3 heterocycles. The Morgan fingerprint density at radius 2 is 2.15 bits per heavy atom. The van der Waals surface area contributed by atoms with Crippen molar-refractivity contribution in [3.8, 4) is 0 Å². The molecule has 0 radical (unpaired) electrons. The predicted octanol–water partition coefficient (Wildman–Crippen LogP) is 1.99. The lowest BCUT2D eigenvalue weighted by Gasteiger charge is -2.41. The second-order valence-electron chi connectivity index (χ2n) is 6.61. The number of rotatable bonds is 4. The minimum absolute atomic E-state index is 0.0688. The molecule has 0 saturated carbocycles. The van der Waals surface area contributed by atoms with E-state index in [1.54, 1.807) is 11.8 Å². The Labute approximate surface area is 157 Å². The fraction of sp³-hybridized carbons (Fsp3) is 0.474. The van der Waals surface area contributed by atoms with Crippen LogP contribution in [0.15, 0.2) is 46.4 Å². The van der Waals surface area contributed by atoms with Crippen molar-refractivity contribution in [2.75, 3.05) is 32.8 Å². The fourth-order valence-electron chi connectivity index (χ4n) is 3.74. The van der Waals surface area contributed by atoms with Gasteiger partial charge in [-0.1, -0.05) is 42.1 Å². The monoisotopic (exact) mass is 373 g/mol. The average Bonchev–Trinajstić information content (AvgIpc) is 3.11. The lowest BCUT2D eigenvalue weighted by atomic mass is 9.97. The summed E-state index contributed by atoms with van der Waals surface area (Å²) in [4.78, 5) is 21.7. The average molecular weight is 373 g/mol. The Kier molecular flexibility index (Phi) is 5.28. The van der Waals surface area contributed by atoms with Crippen LogP contribution < -0.4 is 0 Å². The molecule has 2 atom stereocenters. The molecule has 4 rings (SSSR count). The molecule has 26 heavy (non-hydrogen) atoms. The summed E-state index contributed by atoms with van der Waals surface area (Å²) in [6.07, 6.45) is 0.981. The van der Waals surface area contributed by atoms with Crippen molar-refractivity contribution in [3.05, 3.63) is 47.0 Å². The molecule has 1 aromatic rings. The highest BCUT2D eigenvalue weighted by molar-refractivity contribution is 8.16. The van der Waals surface area contributed by atoms with Crippen molar-refractivity contribution in [1.29, 1.82) is 0 Å². The van der Waals surface area contributed by atoms with Crippen LogP contribution in [0.5, 0.6) is 0 Å². The second kappa shape index (κ2) is 7.82. The molecule has 1 amide bonds. The number of carbonyl (C=O) groups is 1. The van der Waals surface area contributed by atoms with Gasteiger partial charge in [0, 0.05) is 25.3 Å². The first-order chi connectivity index (χ1) is 12.8. The number of hydrogen-bond acceptors (Lipinski definition) is 6. The third-order valence-corrected chi connectivity index (χ3v) is 5.94. The summed E-state index contributed by atoms with van der Waals surface area (Å²) < 4.78 is 5.74. The van der Waals surface area contributed by atoms with Gasteiger partial charge >= 0.3 is 0 Å². The highest BCUT2D eigenvalue weighted by Crippen LogP contribution is 2.34. The van der Waals surface area contributed by atoms with Gasteiger partial charge in [-0.2, -0.15) is 0 Å². The standard InChI is InChI=1S/C19H23N3O3S/c23-12-16-18(14-5-2-1-3-6-14)22(9-10-25-16)17(24)11-15-13-26-19-20-7-4-8-21(15)19/h1-3,5-6,13,16,18,23H,4,7-12H2. The highest BCUT2D eigenvalue weighted by Gasteiger charge is 2.37. The number of thioether (sulfide) groups is 1. The molecule has 0 aromatic heterocycles. The number of ether oxygens (including phenoxy) is 1. The number of hydrogen-bond donors (Lipinski definition) is 1. The molecular formula is C19H23N3O3S. The Morgan fingerprint density at radius 1 is 1.31 bits per heavy atom. The van der Waals surface area contributed by atoms with E-state index in [1.807, 2.05) is 40.6 Å². The van der Waals surface area contributed by atoms with E-state index in [0.717, 1.165) is 35.9 Å². The summed E-state index contributed by atoms with van der Waals surface area (Å²) >= 11 is 1.60. The normalized spacial score (nSPS) is 25.6. The van der Waals surface area contributed by atoms with Crippen LogP contribution in [0.25, 0.3) is 0 Å². The topological polar surface area (TPSA) is 65.4 Å². The molecule has 6 nitrogen and oxygen atoms in total. The zero-order valence-corrected chi connectivity index (χ0v) is 15.4. The summed E-state index contributed by atoms with van der Waals surface area (Å²) in [5, 5.41) is 12.8. The van der Waals surface area contributed by atoms with Crippen molar-refractivity contribution in [3.63, 3.8) is 0 Å². The number of carbonyl (C=O) groups excluding carboxylic acids is 1. The number of aliphatic hydroxyl groups excluding tert-OH is 1. The molecule has 0 spiro atoms. The maximum atomic E-state index is 13.1. The van der Waals surface area contributed by atoms with E-state index in [-0.39, 0.29) is 18.6 Å². The van der Waals surface area contributed by atoms with Gasteiger partial charge in [0.2, 0.25) is 5.91 Å². The van der Waals surface area contributed by atoms with E-state index in [0.29, 0.717) is 19.6 Å². The molecule has 3 aliphatic rings. The number of amides is 1. The highest BCUT2D eigenvalue weighted by atomic mass is 32.2. The number of amidine groups is 1. The Bertz CT molecular complexity index is 722. The number of benzene rings is 1. The van der Waals surface area contributed by atoms with Gasteiger partial charge in [0.05, 0.1) is 25.7 Å². The van der Waals surface area contributed by atoms with Crippen molar-refractivity contribution in [2.24, 2.45) is 4.99 Å². The lowest BCUT2D eigenvalue weighted by molar-refractivity contribution is -0.149. The van der Waals surface area contributed by atoms with Crippen molar-refractivity contribution in [1.82, 2.24) is 9.80 Å². The molecule has 0 bridgehead atoms. The molecule has 0 aliphatic carbocycles. The smallest absolute Gasteiger partial charge is 0.229 e. The number of morpholine rings is 1. The van der Waals surface area contributed by atoms with Crippen LogP contribution in [-0.2, 0) is 9.53 Å². The van der Waals surface area contributed by atoms with Crippen LogP contribution in [0.3, 0.4) is 0 Å². The van der Waals surface area contributed by atoms with Gasteiger partial charge in [-0.15, -0.1) is 0 Å². The molecule has 1 saturated heterocycles. The number of fused-ring (bicyclic) bond motifs is 1. The molecule has 7 heteroatoms. The van der Waals surface area contributed by atoms with Gasteiger partial charge in [0.15, 0.2) is 5.17 Å². The molecule has 2 unspecified atom stereocenters. The van der Waals surface area contributed by atoms with Crippen LogP contribution in [0.4, 0.5) is 0 Å². The Morgan fingerprint density at radius 3 is 2.96 bits per heavy atom. The van der Waals surface area contributed by atoms with Gasteiger partial charge in [-0.25, -0.2) is 0 Å². The molecule has 1 fully saturated rings. The van der Waals surface area contributed by atoms with Crippen LogP contribution >= 0.6 is 11.8 Å². The molecule has 1 aromatic carbocycles. The lowest BCUT2D eigenvalue weighted by Crippen LogP contribution is -2.49. The van der Waals surface area contributed by atoms with Gasteiger partial charge in [-0.3, -0.25) is 9.79 Å². The zero-order chi connectivity index (χ0) is 17.9. The first-order valence-electron chi connectivity index (χ1n) is 9.02. The number of aliphatic imine (C=N–C) groups is 1. The predicted molar refractivity (Wildman–Crippen MR) is 102 cm³/mol. The summed E-state index contributed by atoms with van der Waals surface area (Å²) in [7, 11) is 0. The number of aliphatic hydroxyl groups is 1. The van der Waals surface area contributed by atoms with Crippen LogP contribution in [0.1, 0.15) is 24.4 Å². The van der Waals surface area contributed by atoms with Gasteiger partial charge in [0.25, 0.3) is 0 Å². The second-order valence-corrected chi connectivity index (χ2v) is 7.44. The summed E-state index contributed by atoms with van der Waals surface area (Å²) in [5.41, 5.74) is 2.02. The minimum Gasteiger partial charge on any atom is -0.394 e. The summed E-state index contributed by atoms with van der Waals surface area (Å²) in [5.74, 6) is 0.0688. The molecule has 138 valence electrons. The largest absolute Gasteiger partial charge is 0.394 e. The van der Waals surface area contributed by atoms with E-state index in [1.165, 1.54) is 0 Å². The minimum atomic E-state index is -0.394. The van der Waals surface area contributed by atoms with E-state index >= 15 is 0 Å². The third-order valence-electron chi connectivity index (χ3n) is 4.99. The van der Waals surface area contributed by atoms with Crippen molar-refractivity contribution < 1.29 is 14.6 Å². The van der Waals surface area contributed by atoms with Crippen LogP contribution in [0.2, 0.25) is 0 Å². The first kappa shape index (κ1) is 17.6. The quantitative estimate of drug-likeness (QED) is 0.874. The summed E-state index contributed by atoms with van der Waals surface area (Å²) in [6, 6.07) is 9.57. The fourth-order valence-corrected chi connectivity index (χ4v) is 4.69. The number of nitrogens with zero attached hydrogens (tertiary/aromatic N) is 3. The molecule has 3 aliphatic heterocycles. The maximum Gasteiger partial charge on any atom is 0.229 e. The Balaban J connectivity index is 1.53. The van der Waals surface area contributed by atoms with E-state index < -0.39 is 6.10 Å². The maximum absolute atomic E-state index is 13.1. The van der Waals surface area contributed by atoms with Gasteiger partial charge in [0.1, 0.15) is 6.10 Å². The van der Waals surface area contributed by atoms with Crippen LogP contribution in [-0.4, -0.2) is 64.9 Å². The Hall–Kier alpha value is -1.83. The molecule has 1 N–H and O–H groups in total. The van der Waals surface area contributed by atoms with Gasteiger partial charge < -0.3 is 19.6 Å². The van der Waals surface area contributed by atoms with Crippen molar-refractivity contribution in [2.45, 2.75) is 25.0 Å². The van der Waals surface area contributed by atoms with Crippen LogP contribution in [0, 0.1) is 0 Å². The molecular weight excluding hydrogens is 350 g/mol. The summed E-state index contributed by atoms with van der Waals surface area (Å²) in [6.45, 7) is 2.67. The zero-order valence-electron chi connectivity index (χ0n) is 14.6. The van der Waals surface area contributed by atoms with E-state index in [4.69, 9.17) is 4.74 Å². The first-order valence-corrected chi connectivity index (χ1v) is 9.90.